The van der Waals surface area contributed by atoms with Gasteiger partial charge in [0.25, 0.3) is 10.0 Å². The van der Waals surface area contributed by atoms with E-state index in [4.69, 9.17) is 4.74 Å². The molecule has 2 aliphatic heterocycles. The summed E-state index contributed by atoms with van der Waals surface area (Å²) in [7, 11) is -3.74. The van der Waals surface area contributed by atoms with Crippen molar-refractivity contribution < 1.29 is 22.7 Å². The molecule has 0 aliphatic carbocycles. The van der Waals surface area contributed by atoms with Crippen molar-refractivity contribution in [2.75, 3.05) is 23.3 Å². The molecule has 4 rings (SSSR count). The van der Waals surface area contributed by atoms with E-state index in [1.165, 1.54) is 11.2 Å². The zero-order valence-corrected chi connectivity index (χ0v) is 20.1. The Morgan fingerprint density at radius 1 is 1.32 bits per heavy atom. The van der Waals surface area contributed by atoms with Gasteiger partial charge in [0.2, 0.25) is 5.91 Å². The number of hydrogen-bond acceptors (Lipinski definition) is 7. The van der Waals surface area contributed by atoms with Crippen LogP contribution in [0.5, 0.6) is 0 Å². The predicted octanol–water partition coefficient (Wildman–Crippen LogP) is 3.48. The number of nitrogens with zero attached hydrogens (tertiary/aromatic N) is 3. The van der Waals surface area contributed by atoms with E-state index in [0.29, 0.717) is 18.5 Å². The largest absolute Gasteiger partial charge is 0.444 e. The molecule has 1 fully saturated rings. The van der Waals surface area contributed by atoms with Crippen LogP contribution >= 0.6 is 27.3 Å². The normalized spacial score (nSPS) is 17.9. The van der Waals surface area contributed by atoms with Crippen molar-refractivity contribution in [2.45, 2.75) is 43.5 Å². The Kier molecular flexibility index (Phi) is 6.08. The number of carbonyl (C=O) groups is 2. The molecule has 2 amide bonds. The second kappa shape index (κ2) is 8.49. The molecule has 0 atom stereocenters. The van der Waals surface area contributed by atoms with Gasteiger partial charge >= 0.3 is 6.09 Å². The van der Waals surface area contributed by atoms with Crippen LogP contribution in [0.25, 0.3) is 0 Å². The fraction of sp³-hybridized carbons (Fsp3) is 0.421. The fourth-order valence-corrected chi connectivity index (χ4v) is 7.32. The van der Waals surface area contributed by atoms with Crippen LogP contribution in [-0.2, 0) is 26.2 Å². The molecule has 0 bridgehead atoms. The summed E-state index contributed by atoms with van der Waals surface area (Å²) in [6.07, 6.45) is 0.565. The molecule has 1 N–H and O–H groups in total. The number of anilines is 2. The molecule has 2 aliphatic rings. The number of fused-ring (bicyclic) bond motifs is 1. The Morgan fingerprint density at radius 3 is 2.71 bits per heavy atom. The number of cyclic esters (lactones) is 1. The first-order chi connectivity index (χ1) is 14.7. The molecule has 1 saturated heterocycles. The molecular formula is C19H21BrN4O5S2. The minimum absolute atomic E-state index is 0.127. The van der Waals surface area contributed by atoms with Gasteiger partial charge in [-0.15, -0.1) is 0 Å². The molecule has 1 aromatic heterocycles. The standard InChI is InChI=1S/C19H21BrN4O5S2/c1-11-17(30-18(21-11)22-12(2)25)31(27,28)23-7-5-15(6-8-23)24-16-4-3-14(20)9-13(16)10-29-19(24)26/h3-4,9,15H,5-8,10H2,1-2H3,(H,21,22,25). The number of nitrogens with one attached hydrogen (secondary N) is 1. The van der Waals surface area contributed by atoms with Crippen molar-refractivity contribution in [3.63, 3.8) is 0 Å². The maximum absolute atomic E-state index is 13.2. The Bertz CT molecular complexity index is 1140. The SMILES string of the molecule is CC(=O)Nc1nc(C)c(S(=O)(=O)N2CCC(N3C(=O)OCc4cc(Br)ccc43)CC2)s1. The molecule has 0 unspecified atom stereocenters. The van der Waals surface area contributed by atoms with E-state index in [1.54, 1.807) is 11.8 Å². The van der Waals surface area contributed by atoms with E-state index < -0.39 is 16.1 Å². The molecule has 12 heteroatoms. The monoisotopic (exact) mass is 528 g/mol. The summed E-state index contributed by atoms with van der Waals surface area (Å²) < 4.78 is 34.1. The number of hydrogen-bond donors (Lipinski definition) is 1. The van der Waals surface area contributed by atoms with Gasteiger partial charge in [-0.2, -0.15) is 4.31 Å². The lowest BCUT2D eigenvalue weighted by molar-refractivity contribution is -0.114. The first kappa shape index (κ1) is 22.2. The van der Waals surface area contributed by atoms with Crippen LogP contribution in [-0.4, -0.2) is 48.8 Å². The fourth-order valence-electron chi connectivity index (χ4n) is 3.84. The van der Waals surface area contributed by atoms with Gasteiger partial charge in [-0.3, -0.25) is 9.69 Å². The number of piperidine rings is 1. The van der Waals surface area contributed by atoms with Crippen LogP contribution in [0.3, 0.4) is 0 Å². The number of benzene rings is 1. The van der Waals surface area contributed by atoms with Crippen LogP contribution < -0.4 is 10.2 Å². The molecule has 0 radical (unpaired) electrons. The quantitative estimate of drug-likeness (QED) is 0.650. The zero-order valence-electron chi connectivity index (χ0n) is 16.9. The van der Waals surface area contributed by atoms with Crippen LogP contribution in [0, 0.1) is 6.92 Å². The number of halogens is 1. The number of sulfonamides is 1. The summed E-state index contributed by atoms with van der Waals surface area (Å²) in [5.74, 6) is -0.306. The molecular weight excluding hydrogens is 508 g/mol. The lowest BCUT2D eigenvalue weighted by atomic mass is 10.0. The van der Waals surface area contributed by atoms with E-state index in [9.17, 15) is 18.0 Å². The molecule has 166 valence electrons. The second-order valence-electron chi connectivity index (χ2n) is 7.41. The third-order valence-corrected chi connectivity index (χ3v) is 9.30. The van der Waals surface area contributed by atoms with Crippen molar-refractivity contribution >= 4 is 60.1 Å². The summed E-state index contributed by atoms with van der Waals surface area (Å²) in [5.41, 5.74) is 2.07. The minimum atomic E-state index is -3.74. The van der Waals surface area contributed by atoms with Crippen molar-refractivity contribution in [3.05, 3.63) is 33.9 Å². The van der Waals surface area contributed by atoms with Gasteiger partial charge < -0.3 is 10.1 Å². The van der Waals surface area contributed by atoms with E-state index in [2.05, 4.69) is 26.2 Å². The van der Waals surface area contributed by atoms with Crippen LogP contribution in [0.1, 0.15) is 31.0 Å². The average Bonchev–Trinajstić information content (AvgIpc) is 3.08. The summed E-state index contributed by atoms with van der Waals surface area (Å²) in [6, 6.07) is 5.53. The minimum Gasteiger partial charge on any atom is -0.444 e. The smallest absolute Gasteiger partial charge is 0.414 e. The average molecular weight is 529 g/mol. The maximum Gasteiger partial charge on any atom is 0.414 e. The number of thiazole rings is 1. The Balaban J connectivity index is 1.51. The first-order valence-corrected chi connectivity index (χ1v) is 12.7. The molecule has 3 heterocycles. The van der Waals surface area contributed by atoms with E-state index in [-0.39, 0.29) is 41.0 Å². The van der Waals surface area contributed by atoms with Crippen LogP contribution in [0.15, 0.2) is 26.9 Å². The van der Waals surface area contributed by atoms with Gasteiger partial charge in [0.1, 0.15) is 6.61 Å². The Labute approximate surface area is 192 Å². The Morgan fingerprint density at radius 2 is 2.03 bits per heavy atom. The van der Waals surface area contributed by atoms with Crippen molar-refractivity contribution in [1.82, 2.24) is 9.29 Å². The van der Waals surface area contributed by atoms with E-state index in [1.807, 2.05) is 18.2 Å². The van der Waals surface area contributed by atoms with Crippen LogP contribution in [0.2, 0.25) is 0 Å². The molecule has 9 nitrogen and oxygen atoms in total. The third kappa shape index (κ3) is 4.34. The first-order valence-electron chi connectivity index (χ1n) is 9.66. The molecule has 1 aromatic carbocycles. The number of rotatable bonds is 4. The highest BCUT2D eigenvalue weighted by molar-refractivity contribution is 9.10. The van der Waals surface area contributed by atoms with Gasteiger partial charge in [-0.1, -0.05) is 27.3 Å². The molecule has 31 heavy (non-hydrogen) atoms. The van der Waals surface area contributed by atoms with Crippen LogP contribution in [0.4, 0.5) is 15.6 Å². The lowest BCUT2D eigenvalue weighted by Crippen LogP contribution is -2.50. The molecule has 0 spiro atoms. The highest BCUT2D eigenvalue weighted by Crippen LogP contribution is 2.36. The summed E-state index contributed by atoms with van der Waals surface area (Å²) >= 11 is 4.38. The van der Waals surface area contributed by atoms with Gasteiger partial charge in [0.15, 0.2) is 9.34 Å². The topological polar surface area (TPSA) is 109 Å². The van der Waals surface area contributed by atoms with Crippen molar-refractivity contribution in [2.24, 2.45) is 0 Å². The molecule has 2 aromatic rings. The summed E-state index contributed by atoms with van der Waals surface area (Å²) in [4.78, 5) is 29.5. The zero-order chi connectivity index (χ0) is 22.3. The van der Waals surface area contributed by atoms with Gasteiger partial charge in [-0.25, -0.2) is 18.2 Å². The van der Waals surface area contributed by atoms with Gasteiger partial charge in [-0.05, 0) is 38.0 Å². The lowest BCUT2D eigenvalue weighted by Gasteiger charge is -2.39. The number of ether oxygens (including phenoxy) is 1. The number of carbonyl (C=O) groups excluding carboxylic acids is 2. The van der Waals surface area contributed by atoms with Gasteiger partial charge in [0.05, 0.1) is 11.4 Å². The summed E-state index contributed by atoms with van der Waals surface area (Å²) in [5, 5.41) is 2.79. The predicted molar refractivity (Wildman–Crippen MR) is 120 cm³/mol. The number of aryl methyl sites for hydroxylation is 1. The third-order valence-electron chi connectivity index (χ3n) is 5.25. The van der Waals surface area contributed by atoms with Crippen molar-refractivity contribution in [3.8, 4) is 0 Å². The highest BCUT2D eigenvalue weighted by atomic mass is 79.9. The number of aromatic nitrogens is 1. The summed E-state index contributed by atoms with van der Waals surface area (Å²) in [6.45, 7) is 3.72. The van der Waals surface area contributed by atoms with E-state index in [0.717, 1.165) is 27.1 Å². The van der Waals surface area contributed by atoms with Crippen molar-refractivity contribution in [1.29, 1.82) is 0 Å². The Hall–Kier alpha value is -2.02. The maximum atomic E-state index is 13.2. The molecule has 0 saturated carbocycles. The van der Waals surface area contributed by atoms with Gasteiger partial charge in [0, 0.05) is 36.1 Å². The number of amides is 2. The van der Waals surface area contributed by atoms with E-state index >= 15 is 0 Å². The second-order valence-corrected chi connectivity index (χ2v) is 11.5. The highest BCUT2D eigenvalue weighted by Gasteiger charge is 2.38.